The molecule has 3 aromatic rings. The summed E-state index contributed by atoms with van der Waals surface area (Å²) in [6.07, 6.45) is 6.47. The van der Waals surface area contributed by atoms with Crippen molar-refractivity contribution in [2.75, 3.05) is 13.2 Å². The van der Waals surface area contributed by atoms with Crippen molar-refractivity contribution in [2.45, 2.75) is 25.8 Å². The van der Waals surface area contributed by atoms with Gasteiger partial charge in [-0.05, 0) is 67.8 Å². The number of fused-ring (bicyclic) bond motifs is 5. The number of carbonyl (C=O) groups is 1. The van der Waals surface area contributed by atoms with E-state index in [4.69, 9.17) is 4.74 Å². The van der Waals surface area contributed by atoms with Gasteiger partial charge in [0.25, 0.3) is 0 Å². The first-order valence-electron chi connectivity index (χ1n) is 10.8. The quantitative estimate of drug-likeness (QED) is 0.433. The number of phenols is 1. The molecule has 5 rings (SSSR count). The predicted octanol–water partition coefficient (Wildman–Crippen LogP) is 5.24. The van der Waals surface area contributed by atoms with Gasteiger partial charge >= 0.3 is 0 Å². The fourth-order valence-electron chi connectivity index (χ4n) is 4.92. The summed E-state index contributed by atoms with van der Waals surface area (Å²) in [7, 11) is 0. The number of allylic oxidation sites excluding steroid dienone is 2. The van der Waals surface area contributed by atoms with Crippen molar-refractivity contribution >= 4 is 16.7 Å². The number of hydrogen-bond acceptors (Lipinski definition) is 4. The van der Waals surface area contributed by atoms with Crippen molar-refractivity contribution in [1.82, 2.24) is 9.88 Å². The molecule has 2 aromatic carbocycles. The second-order valence-electron chi connectivity index (χ2n) is 8.56. The zero-order valence-corrected chi connectivity index (χ0v) is 18.3. The zero-order chi connectivity index (χ0) is 22.5. The minimum Gasteiger partial charge on any atom is -0.508 e. The number of carbonyl (C=O) groups excluding carboxylic acids is 1. The number of Topliss-reactive ketones (excluding diaryl/α,β-unsaturated/α-hetero) is 1. The van der Waals surface area contributed by atoms with Crippen LogP contribution in [0.2, 0.25) is 0 Å². The van der Waals surface area contributed by atoms with E-state index < -0.39 is 0 Å². The van der Waals surface area contributed by atoms with E-state index in [1.807, 2.05) is 42.6 Å². The van der Waals surface area contributed by atoms with Gasteiger partial charge in [-0.15, -0.1) is 0 Å². The summed E-state index contributed by atoms with van der Waals surface area (Å²) >= 11 is 0. The van der Waals surface area contributed by atoms with Crippen LogP contribution in [0.3, 0.4) is 0 Å². The largest absolute Gasteiger partial charge is 0.508 e. The van der Waals surface area contributed by atoms with E-state index >= 15 is 0 Å². The lowest BCUT2D eigenvalue weighted by Gasteiger charge is -2.47. The van der Waals surface area contributed by atoms with Crippen molar-refractivity contribution in [1.29, 1.82) is 0 Å². The molecule has 0 saturated heterocycles. The lowest BCUT2D eigenvalue weighted by atomic mass is 9.78. The average molecular weight is 427 g/mol. The summed E-state index contributed by atoms with van der Waals surface area (Å²) in [5, 5.41) is 11.0. The topological polar surface area (TPSA) is 65.6 Å². The van der Waals surface area contributed by atoms with E-state index in [1.54, 1.807) is 18.2 Å². The van der Waals surface area contributed by atoms with E-state index in [9.17, 15) is 9.90 Å². The van der Waals surface area contributed by atoms with Crippen LogP contribution in [0, 0.1) is 0 Å². The summed E-state index contributed by atoms with van der Waals surface area (Å²) in [6, 6.07) is 12.8. The number of aromatic amines is 1. The van der Waals surface area contributed by atoms with Gasteiger partial charge in [-0.3, -0.25) is 4.79 Å². The number of nitrogens with zero attached hydrogens (tertiary/aromatic N) is 1. The van der Waals surface area contributed by atoms with Crippen molar-refractivity contribution in [3.05, 3.63) is 95.4 Å². The van der Waals surface area contributed by atoms with Gasteiger partial charge in [0, 0.05) is 34.9 Å². The van der Waals surface area contributed by atoms with Crippen LogP contribution in [0.25, 0.3) is 10.9 Å². The first-order valence-corrected chi connectivity index (χ1v) is 10.8. The van der Waals surface area contributed by atoms with Crippen LogP contribution in [0.15, 0.2) is 78.5 Å². The molecule has 0 saturated carbocycles. The lowest BCUT2D eigenvalue weighted by Crippen LogP contribution is -2.48. The molecular formula is C27H26N2O3. The third-order valence-electron chi connectivity index (χ3n) is 6.74. The number of phenolic OH excluding ortho intramolecular Hbond substituents is 1. The lowest BCUT2D eigenvalue weighted by molar-refractivity contribution is 0.102. The monoisotopic (exact) mass is 426 g/mol. The molecule has 0 spiro atoms. The molecule has 2 N–H and O–H groups in total. The van der Waals surface area contributed by atoms with Crippen LogP contribution in [-0.2, 0) is 12.0 Å². The Morgan fingerprint density at radius 2 is 2.12 bits per heavy atom. The summed E-state index contributed by atoms with van der Waals surface area (Å²) in [5.41, 5.74) is 5.26. The molecule has 2 aliphatic heterocycles. The van der Waals surface area contributed by atoms with Gasteiger partial charge in [-0.25, -0.2) is 0 Å². The maximum absolute atomic E-state index is 13.5. The van der Waals surface area contributed by atoms with Gasteiger partial charge in [0.05, 0.1) is 11.1 Å². The van der Waals surface area contributed by atoms with Gasteiger partial charge in [-0.1, -0.05) is 24.8 Å². The number of hydrogen-bond donors (Lipinski definition) is 2. The zero-order valence-electron chi connectivity index (χ0n) is 18.3. The predicted molar refractivity (Wildman–Crippen MR) is 126 cm³/mol. The second-order valence-corrected chi connectivity index (χ2v) is 8.56. The first-order chi connectivity index (χ1) is 15.4. The van der Waals surface area contributed by atoms with Crippen LogP contribution in [0.5, 0.6) is 11.5 Å². The molecule has 0 aliphatic carbocycles. The number of H-pyrrole nitrogens is 1. The Morgan fingerprint density at radius 1 is 1.31 bits per heavy atom. The third kappa shape index (κ3) is 2.96. The molecule has 0 bridgehead atoms. The molecular weight excluding hydrogens is 400 g/mol. The summed E-state index contributed by atoms with van der Waals surface area (Å²) in [4.78, 5) is 19.3. The number of aromatic nitrogens is 1. The molecule has 162 valence electrons. The Bertz CT molecular complexity index is 1310. The standard InChI is InChI=1S/C27H26N2O3/c1-4-13-32-24-8-6-5-7-21(24)25(31)18-14-17(2)27(3)26-20(11-12-29(27)16-18)22-15-19(30)9-10-23(22)28-26/h4-10,14-16,28,30H,1,11-13H2,2-3H3. The molecule has 1 unspecified atom stereocenters. The second kappa shape index (κ2) is 7.45. The van der Waals surface area contributed by atoms with Gasteiger partial charge in [0.15, 0.2) is 5.78 Å². The first kappa shape index (κ1) is 20.2. The highest BCUT2D eigenvalue weighted by Gasteiger charge is 2.43. The number of rotatable bonds is 5. The highest BCUT2D eigenvalue weighted by molar-refractivity contribution is 6.12. The molecule has 1 atom stereocenters. The van der Waals surface area contributed by atoms with Crippen LogP contribution in [-0.4, -0.2) is 33.9 Å². The van der Waals surface area contributed by atoms with Crippen molar-refractivity contribution in [2.24, 2.45) is 0 Å². The summed E-state index contributed by atoms with van der Waals surface area (Å²) < 4.78 is 5.72. The molecule has 1 aromatic heterocycles. The van der Waals surface area contributed by atoms with E-state index in [2.05, 4.69) is 30.3 Å². The average Bonchev–Trinajstić information content (AvgIpc) is 3.17. The molecule has 5 nitrogen and oxygen atoms in total. The number of nitrogens with one attached hydrogen (secondary N) is 1. The van der Waals surface area contributed by atoms with E-state index in [0.717, 1.165) is 35.1 Å². The molecule has 3 heterocycles. The maximum Gasteiger partial charge on any atom is 0.198 e. The summed E-state index contributed by atoms with van der Waals surface area (Å²) in [5.74, 6) is 0.778. The van der Waals surface area contributed by atoms with E-state index in [-0.39, 0.29) is 17.1 Å². The van der Waals surface area contributed by atoms with Gasteiger partial charge in [0.1, 0.15) is 18.1 Å². The minimum absolute atomic E-state index is 0.0570. The maximum atomic E-state index is 13.5. The third-order valence-corrected chi connectivity index (χ3v) is 6.74. The highest BCUT2D eigenvalue weighted by atomic mass is 16.5. The van der Waals surface area contributed by atoms with Crippen molar-refractivity contribution < 1.29 is 14.6 Å². The number of ketones is 1. The van der Waals surface area contributed by atoms with Gasteiger partial charge < -0.3 is 19.7 Å². The SMILES string of the molecule is C=CCOc1ccccc1C(=O)C1=CN2CCc3c([nH]c4ccc(O)cc34)C2(C)C(C)=C1. The van der Waals surface area contributed by atoms with Crippen LogP contribution < -0.4 is 4.74 Å². The van der Waals surface area contributed by atoms with Crippen LogP contribution in [0.1, 0.15) is 35.5 Å². The van der Waals surface area contributed by atoms with Gasteiger partial charge in [0.2, 0.25) is 0 Å². The Morgan fingerprint density at radius 3 is 2.94 bits per heavy atom. The Hall–Kier alpha value is -3.73. The Labute approximate surface area is 187 Å². The molecule has 0 amide bonds. The van der Waals surface area contributed by atoms with Gasteiger partial charge in [-0.2, -0.15) is 0 Å². The molecule has 5 heteroatoms. The molecule has 0 radical (unpaired) electrons. The Balaban J connectivity index is 1.55. The fourth-order valence-corrected chi connectivity index (χ4v) is 4.92. The van der Waals surface area contributed by atoms with E-state index in [0.29, 0.717) is 23.5 Å². The number of para-hydroxylation sites is 1. The fraction of sp³-hybridized carbons (Fsp3) is 0.222. The minimum atomic E-state index is -0.384. The summed E-state index contributed by atoms with van der Waals surface area (Å²) in [6.45, 7) is 9.08. The molecule has 0 fully saturated rings. The smallest absolute Gasteiger partial charge is 0.198 e. The number of benzene rings is 2. The molecule has 2 aliphatic rings. The van der Waals surface area contributed by atoms with E-state index in [1.165, 1.54) is 5.56 Å². The molecule has 32 heavy (non-hydrogen) atoms. The highest BCUT2D eigenvalue weighted by Crippen LogP contribution is 2.46. The normalized spacial score (nSPS) is 19.6. The Kier molecular flexibility index (Phi) is 4.70. The van der Waals surface area contributed by atoms with Crippen molar-refractivity contribution in [3.8, 4) is 11.5 Å². The van der Waals surface area contributed by atoms with Crippen LogP contribution >= 0.6 is 0 Å². The van der Waals surface area contributed by atoms with Crippen molar-refractivity contribution in [3.63, 3.8) is 0 Å². The number of ether oxygens (including phenoxy) is 1. The number of aromatic hydroxyl groups is 1. The van der Waals surface area contributed by atoms with Crippen LogP contribution in [0.4, 0.5) is 0 Å².